The molecule has 0 radical (unpaired) electrons. The molecule has 0 unspecified atom stereocenters. The fraction of sp³-hybridized carbons (Fsp3) is 0.125. The van der Waals surface area contributed by atoms with Crippen LogP contribution in [0.1, 0.15) is 12.5 Å². The zero-order valence-electron chi connectivity index (χ0n) is 18.1. The summed E-state index contributed by atoms with van der Waals surface area (Å²) in [6.07, 6.45) is 7.27. The lowest BCUT2D eigenvalue weighted by Gasteiger charge is -2.05. The summed E-state index contributed by atoms with van der Waals surface area (Å²) >= 11 is 7.65. The van der Waals surface area contributed by atoms with E-state index in [4.69, 9.17) is 21.6 Å². The Balaban J connectivity index is 1.44. The molecule has 0 saturated carbocycles. The Bertz CT molecular complexity index is 1630. The van der Waals surface area contributed by atoms with Crippen molar-refractivity contribution in [3.63, 3.8) is 0 Å². The largest absolute Gasteiger partial charge is 0.335 e. The van der Waals surface area contributed by atoms with Crippen LogP contribution in [0.25, 0.3) is 55.3 Å². The van der Waals surface area contributed by atoms with Crippen molar-refractivity contribution in [3.05, 3.63) is 65.0 Å². The van der Waals surface area contributed by atoms with E-state index in [1.165, 1.54) is 11.3 Å². The summed E-state index contributed by atoms with van der Waals surface area (Å²) in [4.78, 5) is 22.9. The third-order valence-electron chi connectivity index (χ3n) is 5.53. The van der Waals surface area contributed by atoms with Gasteiger partial charge in [-0.05, 0) is 42.4 Å². The SMILES string of the molecule is CCNCc1cncc(-c2ccc3[nH]nc(-c4nc5c(-c6ccc(Cl)s6)cncc5[nH]4)c3n2)c1. The summed E-state index contributed by atoms with van der Waals surface area (Å²) in [5.74, 6) is 0.627. The van der Waals surface area contributed by atoms with Crippen molar-refractivity contribution in [2.24, 2.45) is 0 Å². The first-order valence-electron chi connectivity index (χ1n) is 10.8. The average molecular weight is 487 g/mol. The van der Waals surface area contributed by atoms with Crippen LogP contribution in [-0.4, -0.2) is 41.7 Å². The number of imidazole rings is 1. The molecular weight excluding hydrogens is 468 g/mol. The lowest BCUT2D eigenvalue weighted by Crippen LogP contribution is -2.11. The molecule has 0 bridgehead atoms. The number of aromatic amines is 2. The molecule has 0 atom stereocenters. The number of nitrogens with one attached hydrogen (secondary N) is 3. The minimum absolute atomic E-state index is 0.627. The highest BCUT2D eigenvalue weighted by molar-refractivity contribution is 7.19. The van der Waals surface area contributed by atoms with Crippen molar-refractivity contribution in [2.75, 3.05) is 6.54 Å². The molecule has 0 aliphatic rings. The van der Waals surface area contributed by atoms with E-state index < -0.39 is 0 Å². The van der Waals surface area contributed by atoms with E-state index in [2.05, 4.69) is 43.5 Å². The number of hydrogen-bond acceptors (Lipinski definition) is 7. The molecule has 34 heavy (non-hydrogen) atoms. The van der Waals surface area contributed by atoms with Crippen LogP contribution in [0.3, 0.4) is 0 Å². The number of H-pyrrole nitrogens is 2. The van der Waals surface area contributed by atoms with E-state index in [0.717, 1.165) is 66.8 Å². The predicted octanol–water partition coefficient (Wildman–Crippen LogP) is 5.45. The fourth-order valence-electron chi connectivity index (χ4n) is 3.90. The first kappa shape index (κ1) is 20.9. The molecule has 0 aliphatic heterocycles. The van der Waals surface area contributed by atoms with Gasteiger partial charge < -0.3 is 10.3 Å². The number of aromatic nitrogens is 7. The van der Waals surface area contributed by atoms with Crippen LogP contribution >= 0.6 is 22.9 Å². The van der Waals surface area contributed by atoms with Crippen molar-refractivity contribution in [1.29, 1.82) is 0 Å². The second-order valence-corrected chi connectivity index (χ2v) is 9.51. The highest BCUT2D eigenvalue weighted by atomic mass is 35.5. The Morgan fingerprint density at radius 1 is 0.971 bits per heavy atom. The third kappa shape index (κ3) is 3.73. The van der Waals surface area contributed by atoms with E-state index in [1.807, 2.05) is 42.9 Å². The van der Waals surface area contributed by atoms with Crippen LogP contribution < -0.4 is 5.32 Å². The number of hydrogen-bond donors (Lipinski definition) is 3. The quantitative estimate of drug-likeness (QED) is 0.289. The standard InChI is InChI=1S/C24H19ClN8S/c1-2-26-8-13-7-14(10-27-9-13)16-3-4-17-22(29-16)23(33-32-17)24-30-18-12-28-11-15(21(18)31-24)19-5-6-20(25)34-19/h3-7,9-12,26H,2,8H2,1H3,(H,30,31)(H,32,33). The molecule has 0 aliphatic carbocycles. The van der Waals surface area contributed by atoms with Gasteiger partial charge in [-0.2, -0.15) is 5.10 Å². The highest BCUT2D eigenvalue weighted by Crippen LogP contribution is 2.35. The number of pyridine rings is 3. The lowest BCUT2D eigenvalue weighted by molar-refractivity contribution is 0.724. The third-order valence-corrected chi connectivity index (χ3v) is 6.80. The van der Waals surface area contributed by atoms with Crippen molar-refractivity contribution in [2.45, 2.75) is 13.5 Å². The van der Waals surface area contributed by atoms with E-state index in [0.29, 0.717) is 11.5 Å². The number of nitrogens with zero attached hydrogens (tertiary/aromatic N) is 5. The van der Waals surface area contributed by atoms with Gasteiger partial charge in [0, 0.05) is 41.1 Å². The molecule has 0 amide bonds. The van der Waals surface area contributed by atoms with Crippen LogP contribution in [0.2, 0.25) is 4.34 Å². The smallest absolute Gasteiger partial charge is 0.161 e. The molecule has 10 heteroatoms. The Labute approximate surface area is 203 Å². The van der Waals surface area contributed by atoms with Gasteiger partial charge in [-0.15, -0.1) is 11.3 Å². The summed E-state index contributed by atoms with van der Waals surface area (Å²) in [6, 6.07) is 9.92. The second kappa shape index (κ2) is 8.60. The van der Waals surface area contributed by atoms with Gasteiger partial charge >= 0.3 is 0 Å². The normalized spacial score (nSPS) is 11.6. The maximum Gasteiger partial charge on any atom is 0.161 e. The van der Waals surface area contributed by atoms with Gasteiger partial charge in [0.15, 0.2) is 11.5 Å². The molecule has 8 nitrogen and oxygen atoms in total. The maximum atomic E-state index is 6.15. The van der Waals surface area contributed by atoms with Gasteiger partial charge in [-0.3, -0.25) is 15.1 Å². The molecule has 6 aromatic rings. The maximum absolute atomic E-state index is 6.15. The monoisotopic (exact) mass is 486 g/mol. The molecule has 0 aromatic carbocycles. The van der Waals surface area contributed by atoms with Gasteiger partial charge in [0.25, 0.3) is 0 Å². The molecule has 0 fully saturated rings. The molecule has 6 aromatic heterocycles. The topological polar surface area (TPSA) is 108 Å². The molecule has 6 heterocycles. The van der Waals surface area contributed by atoms with E-state index in [1.54, 1.807) is 6.20 Å². The van der Waals surface area contributed by atoms with Gasteiger partial charge in [0.2, 0.25) is 0 Å². The first-order valence-corrected chi connectivity index (χ1v) is 12.0. The summed E-state index contributed by atoms with van der Waals surface area (Å²) in [6.45, 7) is 3.75. The first-order chi connectivity index (χ1) is 16.7. The fourth-order valence-corrected chi connectivity index (χ4v) is 4.96. The molecular formula is C24H19ClN8S. The van der Waals surface area contributed by atoms with E-state index in [-0.39, 0.29) is 0 Å². The molecule has 3 N–H and O–H groups in total. The Morgan fingerprint density at radius 2 is 1.88 bits per heavy atom. The summed E-state index contributed by atoms with van der Waals surface area (Å²) < 4.78 is 0.724. The summed E-state index contributed by atoms with van der Waals surface area (Å²) in [5, 5.41) is 10.9. The minimum Gasteiger partial charge on any atom is -0.335 e. The molecule has 0 spiro atoms. The molecule has 0 saturated heterocycles. The van der Waals surface area contributed by atoms with Crippen molar-refractivity contribution in [1.82, 2.24) is 40.4 Å². The van der Waals surface area contributed by atoms with Crippen molar-refractivity contribution in [3.8, 4) is 33.2 Å². The average Bonchev–Trinajstić information content (AvgIpc) is 3.59. The van der Waals surface area contributed by atoms with Gasteiger partial charge in [0.1, 0.15) is 11.0 Å². The van der Waals surface area contributed by atoms with E-state index >= 15 is 0 Å². The molecule has 6 rings (SSSR count). The summed E-state index contributed by atoms with van der Waals surface area (Å²) in [5.41, 5.74) is 7.68. The molecule has 168 valence electrons. The predicted molar refractivity (Wildman–Crippen MR) is 136 cm³/mol. The number of thiophene rings is 1. The highest BCUT2D eigenvalue weighted by Gasteiger charge is 2.17. The second-order valence-electron chi connectivity index (χ2n) is 7.80. The zero-order chi connectivity index (χ0) is 23.1. The van der Waals surface area contributed by atoms with Gasteiger partial charge in [0.05, 0.1) is 27.3 Å². The van der Waals surface area contributed by atoms with Crippen LogP contribution in [0, 0.1) is 0 Å². The van der Waals surface area contributed by atoms with Crippen LogP contribution in [0.4, 0.5) is 0 Å². The Hall–Kier alpha value is -3.66. The zero-order valence-corrected chi connectivity index (χ0v) is 19.7. The van der Waals surface area contributed by atoms with Crippen molar-refractivity contribution < 1.29 is 0 Å². The van der Waals surface area contributed by atoms with E-state index in [9.17, 15) is 0 Å². The van der Waals surface area contributed by atoms with Crippen LogP contribution in [0.5, 0.6) is 0 Å². The number of halogens is 1. The Kier molecular flexibility index (Phi) is 5.29. The van der Waals surface area contributed by atoms with Crippen LogP contribution in [0.15, 0.2) is 55.1 Å². The summed E-state index contributed by atoms with van der Waals surface area (Å²) in [7, 11) is 0. The minimum atomic E-state index is 0.627. The number of rotatable bonds is 6. The Morgan fingerprint density at radius 3 is 2.74 bits per heavy atom. The lowest BCUT2D eigenvalue weighted by atomic mass is 10.1. The van der Waals surface area contributed by atoms with Crippen molar-refractivity contribution >= 4 is 45.0 Å². The van der Waals surface area contributed by atoms with Crippen LogP contribution in [-0.2, 0) is 6.54 Å². The van der Waals surface area contributed by atoms with Gasteiger partial charge in [-0.25, -0.2) is 9.97 Å². The number of fused-ring (bicyclic) bond motifs is 2. The van der Waals surface area contributed by atoms with Gasteiger partial charge in [-0.1, -0.05) is 18.5 Å².